The molecular weight excluding hydrogens is 210 g/mol. The van der Waals surface area contributed by atoms with Gasteiger partial charge in [-0.2, -0.15) is 0 Å². The van der Waals surface area contributed by atoms with Crippen molar-refractivity contribution in [3.8, 4) is 0 Å². The van der Waals surface area contributed by atoms with Crippen LogP contribution in [0.3, 0.4) is 0 Å². The molecule has 1 aromatic carbocycles. The van der Waals surface area contributed by atoms with E-state index in [0.717, 1.165) is 24.1 Å². The molecule has 1 unspecified atom stereocenters. The molecule has 15 heavy (non-hydrogen) atoms. The first-order chi connectivity index (χ1) is 7.15. The van der Waals surface area contributed by atoms with Crippen LogP contribution in [0, 0.1) is 0 Å². The van der Waals surface area contributed by atoms with E-state index in [4.69, 9.17) is 0 Å². The molecule has 1 N–H and O–H groups in total. The molecule has 0 aromatic heterocycles. The Balaban J connectivity index is 2.35. The Kier molecular flexibility index (Phi) is 2.69. The van der Waals surface area contributed by atoms with Crippen LogP contribution in [0.2, 0.25) is 0 Å². The Labute approximate surface area is 90.6 Å². The lowest BCUT2D eigenvalue weighted by atomic mass is 10.1. The maximum atomic E-state index is 11.8. The molecule has 1 atom stereocenters. The van der Waals surface area contributed by atoms with Gasteiger partial charge in [0.05, 0.1) is 5.69 Å². The third kappa shape index (κ3) is 1.86. The summed E-state index contributed by atoms with van der Waals surface area (Å²) in [6.45, 7) is 2.07. The number of hydrogen-bond acceptors (Lipinski definition) is 2. The number of unbranched alkanes of at least 4 members (excludes halogenated alkanes) is 1. The first kappa shape index (κ1) is 10.5. The highest BCUT2D eigenvalue weighted by molar-refractivity contribution is 7.93. The summed E-state index contributed by atoms with van der Waals surface area (Å²) in [6, 6.07) is 7.45. The summed E-state index contributed by atoms with van der Waals surface area (Å²) in [5.74, 6) is 0. The van der Waals surface area contributed by atoms with E-state index in [1.807, 2.05) is 24.3 Å². The Bertz CT molecular complexity index is 453. The molecule has 1 aliphatic rings. The summed E-state index contributed by atoms with van der Waals surface area (Å²) in [7, 11) is -3.17. The van der Waals surface area contributed by atoms with E-state index in [1.54, 1.807) is 0 Å². The van der Waals surface area contributed by atoms with Crippen LogP contribution in [-0.2, 0) is 10.0 Å². The lowest BCUT2D eigenvalue weighted by Gasteiger charge is -2.08. The second-order valence-corrected chi connectivity index (χ2v) is 5.73. The Morgan fingerprint density at radius 3 is 2.80 bits per heavy atom. The predicted octanol–water partition coefficient (Wildman–Crippen LogP) is 2.67. The van der Waals surface area contributed by atoms with Gasteiger partial charge in [-0.3, -0.25) is 4.72 Å². The Morgan fingerprint density at radius 2 is 2.07 bits per heavy atom. The van der Waals surface area contributed by atoms with E-state index in [9.17, 15) is 8.42 Å². The summed E-state index contributed by atoms with van der Waals surface area (Å²) < 4.78 is 26.2. The normalized spacial score (nSPS) is 22.1. The van der Waals surface area contributed by atoms with Gasteiger partial charge in [0.2, 0.25) is 10.0 Å². The van der Waals surface area contributed by atoms with Crippen LogP contribution in [0.4, 0.5) is 5.69 Å². The topological polar surface area (TPSA) is 46.2 Å². The third-order valence-corrected chi connectivity index (χ3v) is 4.50. The van der Waals surface area contributed by atoms with Crippen molar-refractivity contribution in [1.82, 2.24) is 0 Å². The van der Waals surface area contributed by atoms with Gasteiger partial charge in [0.25, 0.3) is 0 Å². The lowest BCUT2D eigenvalue weighted by Crippen LogP contribution is -2.12. The predicted molar refractivity (Wildman–Crippen MR) is 61.3 cm³/mol. The maximum Gasteiger partial charge on any atom is 0.239 e. The van der Waals surface area contributed by atoms with Crippen molar-refractivity contribution in [2.45, 2.75) is 31.4 Å². The van der Waals surface area contributed by atoms with Crippen molar-refractivity contribution in [1.29, 1.82) is 0 Å². The number of hydrogen-bond donors (Lipinski definition) is 1. The molecule has 0 saturated carbocycles. The number of sulfonamides is 1. The van der Waals surface area contributed by atoms with Gasteiger partial charge in [0.15, 0.2) is 0 Å². The van der Waals surface area contributed by atoms with Gasteiger partial charge < -0.3 is 0 Å². The zero-order valence-electron chi connectivity index (χ0n) is 8.73. The first-order valence-electron chi connectivity index (χ1n) is 5.25. The molecule has 0 radical (unpaired) electrons. The second-order valence-electron chi connectivity index (χ2n) is 3.87. The van der Waals surface area contributed by atoms with Crippen molar-refractivity contribution < 1.29 is 8.42 Å². The molecule has 0 amide bonds. The average Bonchev–Trinajstić information content (AvgIpc) is 2.45. The van der Waals surface area contributed by atoms with Gasteiger partial charge in [-0.25, -0.2) is 8.42 Å². The summed E-state index contributed by atoms with van der Waals surface area (Å²) >= 11 is 0. The fourth-order valence-corrected chi connectivity index (χ4v) is 3.61. The minimum Gasteiger partial charge on any atom is -0.283 e. The smallest absolute Gasteiger partial charge is 0.239 e. The highest BCUT2D eigenvalue weighted by Gasteiger charge is 2.34. The number of fused-ring (bicyclic) bond motifs is 1. The maximum absolute atomic E-state index is 11.8. The molecule has 0 fully saturated rings. The van der Waals surface area contributed by atoms with Crippen LogP contribution in [-0.4, -0.2) is 8.42 Å². The van der Waals surface area contributed by atoms with E-state index >= 15 is 0 Å². The minimum atomic E-state index is -3.17. The lowest BCUT2D eigenvalue weighted by molar-refractivity contribution is 0.578. The van der Waals surface area contributed by atoms with Crippen LogP contribution in [0.25, 0.3) is 0 Å². The van der Waals surface area contributed by atoms with Crippen LogP contribution >= 0.6 is 0 Å². The number of nitrogens with one attached hydrogen (secondary N) is 1. The minimum absolute atomic E-state index is 0.353. The molecule has 1 aromatic rings. The van der Waals surface area contributed by atoms with E-state index in [-0.39, 0.29) is 5.25 Å². The molecule has 3 nitrogen and oxygen atoms in total. The van der Waals surface area contributed by atoms with Crippen LogP contribution in [0.1, 0.15) is 37.0 Å². The highest BCUT2D eigenvalue weighted by atomic mass is 32.2. The number of para-hydroxylation sites is 1. The molecule has 2 rings (SSSR count). The van der Waals surface area contributed by atoms with Crippen molar-refractivity contribution in [2.24, 2.45) is 0 Å². The zero-order chi connectivity index (χ0) is 10.9. The molecule has 1 aliphatic heterocycles. The average molecular weight is 225 g/mol. The van der Waals surface area contributed by atoms with E-state index in [1.165, 1.54) is 0 Å². The summed E-state index contributed by atoms with van der Waals surface area (Å²) in [4.78, 5) is 0. The molecule has 0 bridgehead atoms. The molecule has 82 valence electrons. The summed E-state index contributed by atoms with van der Waals surface area (Å²) in [6.07, 6.45) is 2.68. The van der Waals surface area contributed by atoms with Gasteiger partial charge in [-0.05, 0) is 18.1 Å². The molecule has 0 aliphatic carbocycles. The Morgan fingerprint density at radius 1 is 1.33 bits per heavy atom. The second kappa shape index (κ2) is 3.85. The third-order valence-electron chi connectivity index (χ3n) is 2.75. The summed E-state index contributed by atoms with van der Waals surface area (Å²) in [5, 5.41) is -0.353. The number of benzene rings is 1. The van der Waals surface area contributed by atoms with Gasteiger partial charge >= 0.3 is 0 Å². The fourth-order valence-electron chi connectivity index (χ4n) is 1.96. The van der Waals surface area contributed by atoms with Crippen molar-refractivity contribution in [3.63, 3.8) is 0 Å². The molecule has 4 heteroatoms. The van der Waals surface area contributed by atoms with Crippen molar-refractivity contribution in [3.05, 3.63) is 29.8 Å². The van der Waals surface area contributed by atoms with Gasteiger partial charge in [0, 0.05) is 0 Å². The standard InChI is InChI=1S/C11H15NO2S/c1-2-3-8-11-9-6-4-5-7-10(9)12-15(11,13)14/h4-7,11-12H,2-3,8H2,1H3. The van der Waals surface area contributed by atoms with Gasteiger partial charge in [0.1, 0.15) is 5.25 Å². The van der Waals surface area contributed by atoms with Crippen LogP contribution in [0.5, 0.6) is 0 Å². The highest BCUT2D eigenvalue weighted by Crippen LogP contribution is 2.39. The Hall–Kier alpha value is -1.03. The molecule has 0 saturated heterocycles. The van der Waals surface area contributed by atoms with Crippen molar-refractivity contribution in [2.75, 3.05) is 4.72 Å². The number of anilines is 1. The quantitative estimate of drug-likeness (QED) is 0.859. The largest absolute Gasteiger partial charge is 0.283 e. The monoisotopic (exact) mass is 225 g/mol. The molecular formula is C11H15NO2S. The fraction of sp³-hybridized carbons (Fsp3) is 0.455. The van der Waals surface area contributed by atoms with E-state index < -0.39 is 10.0 Å². The zero-order valence-corrected chi connectivity index (χ0v) is 9.55. The molecule has 0 spiro atoms. The molecule has 1 heterocycles. The van der Waals surface area contributed by atoms with Gasteiger partial charge in [-0.15, -0.1) is 0 Å². The van der Waals surface area contributed by atoms with Crippen LogP contribution < -0.4 is 4.72 Å². The summed E-state index contributed by atoms with van der Waals surface area (Å²) in [5.41, 5.74) is 1.67. The van der Waals surface area contributed by atoms with E-state index in [2.05, 4.69) is 11.6 Å². The number of rotatable bonds is 3. The first-order valence-corrected chi connectivity index (χ1v) is 6.80. The van der Waals surface area contributed by atoms with Crippen LogP contribution in [0.15, 0.2) is 24.3 Å². The SMILES string of the molecule is CCCCC1c2ccccc2NS1(=O)=O. The van der Waals surface area contributed by atoms with E-state index in [0.29, 0.717) is 6.42 Å². The van der Waals surface area contributed by atoms with Crippen molar-refractivity contribution >= 4 is 15.7 Å². The van der Waals surface area contributed by atoms with Gasteiger partial charge in [-0.1, -0.05) is 38.0 Å².